The molecule has 0 aromatic rings. The highest BCUT2D eigenvalue weighted by Gasteiger charge is 2.33. The van der Waals surface area contributed by atoms with E-state index in [2.05, 4.69) is 9.84 Å². The van der Waals surface area contributed by atoms with Crippen molar-refractivity contribution in [1.82, 2.24) is 10.2 Å². The molecule has 1 rings (SSSR count). The zero-order valence-corrected chi connectivity index (χ0v) is 11.0. The fraction of sp³-hybridized carbons (Fsp3) is 0.556. The standard InChI is InChI=1S/C9H15N2O7P/c1-10-7(13)4-5-11(6-12)8-2-3-9(17-8)18-19(14,15)16/h4-6,8-9H,2-3H2,1H3,(H,10,13)(H2,14,15,16)/b5-4-/t8-,9-/m1/s1. The van der Waals surface area contributed by atoms with Crippen molar-refractivity contribution in [1.29, 1.82) is 0 Å². The first-order valence-corrected chi connectivity index (χ1v) is 6.91. The molecule has 0 spiro atoms. The van der Waals surface area contributed by atoms with Gasteiger partial charge in [-0.3, -0.25) is 19.0 Å². The Kier molecular flexibility index (Phi) is 5.64. The van der Waals surface area contributed by atoms with Crippen molar-refractivity contribution < 1.29 is 33.2 Å². The first-order chi connectivity index (χ1) is 8.85. The van der Waals surface area contributed by atoms with Crippen LogP contribution >= 0.6 is 7.82 Å². The van der Waals surface area contributed by atoms with Gasteiger partial charge in [0.05, 0.1) is 0 Å². The van der Waals surface area contributed by atoms with Crippen molar-refractivity contribution >= 4 is 20.1 Å². The van der Waals surface area contributed by atoms with E-state index < -0.39 is 26.2 Å². The van der Waals surface area contributed by atoms with Gasteiger partial charge in [0.25, 0.3) is 0 Å². The molecule has 1 fully saturated rings. The molecular weight excluding hydrogens is 279 g/mol. The van der Waals surface area contributed by atoms with Crippen molar-refractivity contribution in [2.45, 2.75) is 25.4 Å². The average molecular weight is 294 g/mol. The summed E-state index contributed by atoms with van der Waals surface area (Å²) in [5.74, 6) is -0.395. The summed E-state index contributed by atoms with van der Waals surface area (Å²) in [6.45, 7) is 0. The van der Waals surface area contributed by atoms with Crippen molar-refractivity contribution in [2.24, 2.45) is 0 Å². The molecular formula is C9H15N2O7P. The van der Waals surface area contributed by atoms with Crippen LogP contribution in [0, 0.1) is 0 Å². The molecule has 0 aromatic carbocycles. The van der Waals surface area contributed by atoms with E-state index in [0.717, 1.165) is 11.0 Å². The minimum absolute atomic E-state index is 0.230. The van der Waals surface area contributed by atoms with Crippen LogP contribution in [0.25, 0.3) is 0 Å². The molecule has 108 valence electrons. The number of likely N-dealkylation sites (N-methyl/N-ethyl adjacent to an activating group) is 1. The normalized spacial score (nSPS) is 23.5. The molecule has 1 aliphatic rings. The molecule has 10 heteroatoms. The summed E-state index contributed by atoms with van der Waals surface area (Å²) in [5, 5.41) is 2.34. The average Bonchev–Trinajstić information content (AvgIpc) is 2.75. The highest BCUT2D eigenvalue weighted by Crippen LogP contribution is 2.41. The van der Waals surface area contributed by atoms with Crippen LogP contribution in [0.3, 0.4) is 0 Å². The van der Waals surface area contributed by atoms with Gasteiger partial charge >= 0.3 is 7.82 Å². The summed E-state index contributed by atoms with van der Waals surface area (Å²) in [6, 6.07) is 0. The minimum atomic E-state index is -4.63. The number of amides is 2. The lowest BCUT2D eigenvalue weighted by atomic mass is 10.3. The van der Waals surface area contributed by atoms with E-state index in [-0.39, 0.29) is 6.42 Å². The molecule has 1 saturated heterocycles. The maximum Gasteiger partial charge on any atom is 0.471 e. The molecule has 0 aromatic heterocycles. The van der Waals surface area contributed by atoms with E-state index in [1.165, 1.54) is 13.2 Å². The van der Waals surface area contributed by atoms with E-state index in [4.69, 9.17) is 14.5 Å². The number of hydrogen-bond donors (Lipinski definition) is 3. The predicted octanol–water partition coefficient (Wildman–Crippen LogP) is -0.724. The Morgan fingerprint density at radius 1 is 1.53 bits per heavy atom. The van der Waals surface area contributed by atoms with Crippen LogP contribution in [-0.2, 0) is 23.4 Å². The molecule has 0 radical (unpaired) electrons. The number of nitrogens with zero attached hydrogens (tertiary/aromatic N) is 1. The number of phosphoric ester groups is 1. The summed E-state index contributed by atoms with van der Waals surface area (Å²) >= 11 is 0. The Bertz CT molecular complexity index is 407. The first-order valence-electron chi connectivity index (χ1n) is 5.38. The molecule has 0 aliphatic carbocycles. The summed E-state index contributed by atoms with van der Waals surface area (Å²) < 4.78 is 20.2. The van der Waals surface area contributed by atoms with Crippen molar-refractivity contribution in [3.05, 3.63) is 12.3 Å². The third-order valence-electron chi connectivity index (χ3n) is 2.31. The number of carbonyl (C=O) groups excluding carboxylic acids is 2. The van der Waals surface area contributed by atoms with Gasteiger partial charge in [-0.25, -0.2) is 4.57 Å². The second-order valence-corrected chi connectivity index (χ2v) is 4.87. The lowest BCUT2D eigenvalue weighted by Crippen LogP contribution is -2.30. The van der Waals surface area contributed by atoms with Gasteiger partial charge < -0.3 is 19.8 Å². The Labute approximate surface area is 109 Å². The minimum Gasteiger partial charge on any atom is -0.356 e. The van der Waals surface area contributed by atoms with Crippen LogP contribution in [0.1, 0.15) is 12.8 Å². The lowest BCUT2D eigenvalue weighted by Gasteiger charge is -2.21. The quantitative estimate of drug-likeness (QED) is 0.335. The van der Waals surface area contributed by atoms with E-state index in [1.807, 2.05) is 0 Å². The number of carbonyl (C=O) groups is 2. The van der Waals surface area contributed by atoms with Crippen molar-refractivity contribution in [3.63, 3.8) is 0 Å². The number of rotatable bonds is 6. The van der Waals surface area contributed by atoms with Gasteiger partial charge in [0.15, 0.2) is 6.29 Å². The third kappa shape index (κ3) is 5.50. The third-order valence-corrected chi connectivity index (χ3v) is 2.82. The van der Waals surface area contributed by atoms with E-state index in [0.29, 0.717) is 12.8 Å². The van der Waals surface area contributed by atoms with E-state index >= 15 is 0 Å². The fourth-order valence-electron chi connectivity index (χ4n) is 1.48. The van der Waals surface area contributed by atoms with E-state index in [1.54, 1.807) is 0 Å². The van der Waals surface area contributed by atoms with Gasteiger partial charge in [-0.15, -0.1) is 0 Å². The molecule has 9 nitrogen and oxygen atoms in total. The molecule has 0 saturated carbocycles. The Balaban J connectivity index is 2.56. The first kappa shape index (κ1) is 15.8. The van der Waals surface area contributed by atoms with Gasteiger partial charge in [-0.05, 0) is 6.42 Å². The number of hydrogen-bond acceptors (Lipinski definition) is 5. The van der Waals surface area contributed by atoms with Crippen molar-refractivity contribution in [3.8, 4) is 0 Å². The van der Waals surface area contributed by atoms with Crippen LogP contribution < -0.4 is 5.32 Å². The highest BCUT2D eigenvalue weighted by molar-refractivity contribution is 7.46. The van der Waals surface area contributed by atoms with Crippen LogP contribution in [-0.4, -0.2) is 46.6 Å². The Hall–Kier alpha value is -1.25. The van der Waals surface area contributed by atoms with Crippen LogP contribution in [0.4, 0.5) is 0 Å². The van der Waals surface area contributed by atoms with Gasteiger partial charge in [-0.2, -0.15) is 0 Å². The molecule has 2 amide bonds. The zero-order valence-electron chi connectivity index (χ0n) is 10.1. The molecule has 0 bridgehead atoms. The Morgan fingerprint density at radius 2 is 2.21 bits per heavy atom. The summed E-state index contributed by atoms with van der Waals surface area (Å²) in [5.41, 5.74) is 0. The monoisotopic (exact) mass is 294 g/mol. The van der Waals surface area contributed by atoms with Crippen molar-refractivity contribution in [2.75, 3.05) is 7.05 Å². The summed E-state index contributed by atoms with van der Waals surface area (Å²) in [6.07, 6.45) is 1.56. The summed E-state index contributed by atoms with van der Waals surface area (Å²) in [7, 11) is -3.19. The SMILES string of the molecule is CNC(=O)/C=C\N(C=O)[C@H]1CC[C@@H](OP(=O)(O)O)O1. The summed E-state index contributed by atoms with van der Waals surface area (Å²) in [4.78, 5) is 40.2. The molecule has 1 heterocycles. The maximum absolute atomic E-state index is 11.0. The predicted molar refractivity (Wildman–Crippen MR) is 62.1 cm³/mol. The van der Waals surface area contributed by atoms with Crippen LogP contribution in [0.15, 0.2) is 12.3 Å². The fourth-order valence-corrected chi connectivity index (χ4v) is 1.94. The zero-order chi connectivity index (χ0) is 14.5. The topological polar surface area (TPSA) is 125 Å². The van der Waals surface area contributed by atoms with Crippen LogP contribution in [0.2, 0.25) is 0 Å². The smallest absolute Gasteiger partial charge is 0.356 e. The molecule has 0 unspecified atom stereocenters. The maximum atomic E-state index is 11.0. The van der Waals surface area contributed by atoms with Gasteiger partial charge in [-0.1, -0.05) is 0 Å². The molecule has 19 heavy (non-hydrogen) atoms. The van der Waals surface area contributed by atoms with Crippen LogP contribution in [0.5, 0.6) is 0 Å². The number of nitrogens with one attached hydrogen (secondary N) is 1. The largest absolute Gasteiger partial charge is 0.471 e. The second kappa shape index (κ2) is 6.78. The second-order valence-electron chi connectivity index (χ2n) is 3.68. The van der Waals surface area contributed by atoms with Gasteiger partial charge in [0, 0.05) is 25.7 Å². The molecule has 3 N–H and O–H groups in total. The lowest BCUT2D eigenvalue weighted by molar-refractivity contribution is -0.140. The molecule has 2 atom stereocenters. The van der Waals surface area contributed by atoms with E-state index in [9.17, 15) is 14.2 Å². The number of phosphoric acid groups is 1. The highest BCUT2D eigenvalue weighted by atomic mass is 31.2. The Morgan fingerprint density at radius 3 is 2.74 bits per heavy atom. The number of ether oxygens (including phenoxy) is 1. The van der Waals surface area contributed by atoms with Gasteiger partial charge in [0.1, 0.15) is 6.23 Å². The molecule has 1 aliphatic heterocycles. The van der Waals surface area contributed by atoms with Gasteiger partial charge in [0.2, 0.25) is 12.3 Å².